The van der Waals surface area contributed by atoms with Gasteiger partial charge in [0.05, 0.1) is 17.6 Å². The van der Waals surface area contributed by atoms with Crippen LogP contribution in [0.4, 0.5) is 0 Å². The van der Waals surface area contributed by atoms with E-state index in [1.165, 1.54) is 0 Å². The predicted octanol–water partition coefficient (Wildman–Crippen LogP) is -1.44. The fourth-order valence-electron chi connectivity index (χ4n) is 2.31. The van der Waals surface area contributed by atoms with E-state index >= 15 is 0 Å². The quantitative estimate of drug-likeness (QED) is 0.404. The van der Waals surface area contributed by atoms with Crippen molar-refractivity contribution in [2.75, 3.05) is 0 Å². The van der Waals surface area contributed by atoms with Gasteiger partial charge in [-0.15, -0.1) is 0 Å². The highest BCUT2D eigenvalue weighted by Crippen LogP contribution is 2.61. The molecule has 0 aromatic carbocycles. The number of fused-ring (bicyclic) bond motifs is 1. The monoisotopic (exact) mass is 188 g/mol. The van der Waals surface area contributed by atoms with Crippen LogP contribution in [0.2, 0.25) is 0 Å². The topological polar surface area (TPSA) is 98.0 Å². The molecule has 0 amide bonds. The predicted molar refractivity (Wildman–Crippen MR) is 40.8 cm³/mol. The molecule has 4 N–H and O–H groups in total. The van der Waals surface area contributed by atoms with Crippen molar-refractivity contribution in [3.63, 3.8) is 0 Å². The summed E-state index contributed by atoms with van der Waals surface area (Å²) in [5.41, 5.74) is -0.974. The number of hydrogen-bond acceptors (Lipinski definition) is 4. The molecule has 5 unspecified atom stereocenters. The second-order valence-corrected chi connectivity index (χ2v) is 4.02. The van der Waals surface area contributed by atoms with E-state index in [9.17, 15) is 20.1 Å². The molecule has 5 atom stereocenters. The second kappa shape index (κ2) is 2.43. The highest BCUT2D eigenvalue weighted by Gasteiger charge is 2.68. The van der Waals surface area contributed by atoms with E-state index in [1.54, 1.807) is 0 Å². The van der Waals surface area contributed by atoms with Gasteiger partial charge < -0.3 is 20.4 Å². The Bertz CT molecular complexity index is 253. The molecule has 2 rings (SSSR count). The maximum Gasteiger partial charge on any atom is 0.310 e. The maximum atomic E-state index is 10.8. The Morgan fingerprint density at radius 2 is 1.77 bits per heavy atom. The van der Waals surface area contributed by atoms with Gasteiger partial charge in [0.2, 0.25) is 0 Å². The summed E-state index contributed by atoms with van der Waals surface area (Å²) in [6, 6.07) is 0. The van der Waals surface area contributed by atoms with Gasteiger partial charge in [0.25, 0.3) is 0 Å². The van der Waals surface area contributed by atoms with Gasteiger partial charge in [0.1, 0.15) is 6.10 Å². The fourth-order valence-corrected chi connectivity index (χ4v) is 2.31. The molecule has 2 aliphatic carbocycles. The minimum absolute atomic E-state index is 0.0469. The first-order valence-electron chi connectivity index (χ1n) is 4.26. The molecule has 0 heterocycles. The number of hydrogen-bond donors (Lipinski definition) is 4. The molecule has 5 heteroatoms. The number of carboxylic acid groups (broad SMARTS) is 1. The van der Waals surface area contributed by atoms with Crippen molar-refractivity contribution < 1.29 is 25.2 Å². The lowest BCUT2D eigenvalue weighted by Crippen LogP contribution is -2.47. The summed E-state index contributed by atoms with van der Waals surface area (Å²) >= 11 is 0. The summed E-state index contributed by atoms with van der Waals surface area (Å²) in [6.45, 7) is 0. The molecule has 5 nitrogen and oxygen atoms in total. The van der Waals surface area contributed by atoms with Crippen LogP contribution in [-0.2, 0) is 4.79 Å². The summed E-state index contributed by atoms with van der Waals surface area (Å²) in [7, 11) is 0. The van der Waals surface area contributed by atoms with Gasteiger partial charge in [-0.05, 0) is 12.8 Å². The van der Waals surface area contributed by atoms with E-state index in [1.807, 2.05) is 0 Å². The van der Waals surface area contributed by atoms with Crippen LogP contribution in [0.3, 0.4) is 0 Å². The molecule has 0 aromatic heterocycles. The van der Waals surface area contributed by atoms with Gasteiger partial charge in [-0.1, -0.05) is 0 Å². The van der Waals surface area contributed by atoms with Crippen LogP contribution < -0.4 is 0 Å². The van der Waals surface area contributed by atoms with Crippen molar-refractivity contribution in [2.45, 2.75) is 31.2 Å². The molecule has 0 radical (unpaired) electrons. The van der Waals surface area contributed by atoms with E-state index in [0.717, 1.165) is 0 Å². The van der Waals surface area contributed by atoms with E-state index < -0.39 is 29.7 Å². The summed E-state index contributed by atoms with van der Waals surface area (Å²) < 4.78 is 0. The normalized spacial score (nSPS) is 54.1. The van der Waals surface area contributed by atoms with E-state index in [0.29, 0.717) is 6.42 Å². The zero-order valence-corrected chi connectivity index (χ0v) is 6.92. The van der Waals surface area contributed by atoms with Crippen molar-refractivity contribution in [3.8, 4) is 0 Å². The molecule has 0 spiro atoms. The van der Waals surface area contributed by atoms with E-state index in [4.69, 9.17) is 5.11 Å². The first-order valence-corrected chi connectivity index (χ1v) is 4.26. The highest BCUT2D eigenvalue weighted by atomic mass is 16.4. The van der Waals surface area contributed by atoms with Crippen molar-refractivity contribution in [3.05, 3.63) is 0 Å². The van der Waals surface area contributed by atoms with Crippen LogP contribution >= 0.6 is 0 Å². The summed E-state index contributed by atoms with van der Waals surface area (Å²) in [4.78, 5) is 10.8. The summed E-state index contributed by atoms with van der Waals surface area (Å²) in [5.74, 6) is -1.37. The molecule has 0 aromatic rings. The lowest BCUT2D eigenvalue weighted by atomic mass is 9.83. The van der Waals surface area contributed by atoms with E-state index in [2.05, 4.69) is 0 Å². The molecular weight excluding hydrogens is 176 g/mol. The Hall–Kier alpha value is -0.650. The Balaban J connectivity index is 2.20. The number of carbonyl (C=O) groups is 1. The molecule has 0 saturated heterocycles. The van der Waals surface area contributed by atoms with Crippen molar-refractivity contribution >= 4 is 5.97 Å². The van der Waals surface area contributed by atoms with Gasteiger partial charge in [-0.3, -0.25) is 4.79 Å². The van der Waals surface area contributed by atoms with Crippen LogP contribution in [0.25, 0.3) is 0 Å². The third-order valence-electron chi connectivity index (χ3n) is 3.29. The number of aliphatic carboxylic acids is 1. The molecular formula is C8H12O5. The first kappa shape index (κ1) is 8.93. The summed E-state index contributed by atoms with van der Waals surface area (Å²) in [5, 5.41) is 36.8. The SMILES string of the molecule is O=C(O)C12CC(O)C(O)C(O)C1C2. The largest absolute Gasteiger partial charge is 0.481 e. The molecule has 2 saturated carbocycles. The number of carboxylic acids is 1. The van der Waals surface area contributed by atoms with Crippen molar-refractivity contribution in [1.82, 2.24) is 0 Å². The third-order valence-corrected chi connectivity index (χ3v) is 3.29. The molecule has 13 heavy (non-hydrogen) atoms. The number of aliphatic hydroxyl groups is 3. The Kier molecular flexibility index (Phi) is 1.67. The van der Waals surface area contributed by atoms with Gasteiger partial charge >= 0.3 is 5.97 Å². The lowest BCUT2D eigenvalue weighted by Gasteiger charge is -2.31. The molecule has 2 aliphatic rings. The van der Waals surface area contributed by atoms with Gasteiger partial charge in [0.15, 0.2) is 0 Å². The first-order chi connectivity index (χ1) is 5.99. The lowest BCUT2D eigenvalue weighted by molar-refractivity contribution is -0.155. The molecule has 2 fully saturated rings. The van der Waals surface area contributed by atoms with Gasteiger partial charge in [-0.25, -0.2) is 0 Å². The fraction of sp³-hybridized carbons (Fsp3) is 0.875. The van der Waals surface area contributed by atoms with E-state index in [-0.39, 0.29) is 12.3 Å². The van der Waals surface area contributed by atoms with Crippen LogP contribution in [0.15, 0.2) is 0 Å². The third kappa shape index (κ3) is 1.01. The van der Waals surface area contributed by atoms with Gasteiger partial charge in [0, 0.05) is 5.92 Å². The Morgan fingerprint density at radius 1 is 1.15 bits per heavy atom. The zero-order valence-electron chi connectivity index (χ0n) is 6.92. The van der Waals surface area contributed by atoms with Crippen molar-refractivity contribution in [2.24, 2.45) is 11.3 Å². The smallest absolute Gasteiger partial charge is 0.310 e. The minimum Gasteiger partial charge on any atom is -0.481 e. The van der Waals surface area contributed by atoms with Crippen molar-refractivity contribution in [1.29, 1.82) is 0 Å². The van der Waals surface area contributed by atoms with Crippen LogP contribution in [0.5, 0.6) is 0 Å². The average molecular weight is 188 g/mol. The van der Waals surface area contributed by atoms with Crippen LogP contribution in [0.1, 0.15) is 12.8 Å². The average Bonchev–Trinajstić information content (AvgIpc) is 2.76. The highest BCUT2D eigenvalue weighted by molar-refractivity contribution is 5.79. The maximum absolute atomic E-state index is 10.8. The number of rotatable bonds is 1. The second-order valence-electron chi connectivity index (χ2n) is 4.02. The standard InChI is InChI=1S/C8H12O5/c9-4-2-8(7(12)13)1-3(8)5(10)6(4)11/h3-6,9-11H,1-2H2,(H,12,13). The minimum atomic E-state index is -1.19. The number of aliphatic hydroxyl groups excluding tert-OH is 3. The van der Waals surface area contributed by atoms with Crippen LogP contribution in [-0.4, -0.2) is 44.7 Å². The Morgan fingerprint density at radius 3 is 2.31 bits per heavy atom. The van der Waals surface area contributed by atoms with Gasteiger partial charge in [-0.2, -0.15) is 0 Å². The zero-order chi connectivity index (χ0) is 9.80. The molecule has 74 valence electrons. The van der Waals surface area contributed by atoms with Crippen LogP contribution in [0, 0.1) is 11.3 Å². The molecule has 0 bridgehead atoms. The summed E-state index contributed by atoms with van der Waals surface area (Å²) in [6.07, 6.45) is -3.01. The Labute approximate surface area is 74.6 Å². The molecule has 0 aliphatic heterocycles.